The van der Waals surface area contributed by atoms with Gasteiger partial charge in [0.2, 0.25) is 5.91 Å². The number of rotatable bonds is 6. The Labute approximate surface area is 160 Å². The maximum atomic E-state index is 13.1. The number of carbonyl (C=O) groups is 2. The van der Waals surface area contributed by atoms with Crippen molar-refractivity contribution in [2.45, 2.75) is 26.7 Å². The molecule has 0 aliphatic carbocycles. The minimum absolute atomic E-state index is 0.129. The second kappa shape index (κ2) is 8.16. The van der Waals surface area contributed by atoms with E-state index < -0.39 is 11.6 Å². The number of fused-ring (bicyclic) bond motifs is 1. The molecule has 6 nitrogen and oxygen atoms in total. The van der Waals surface area contributed by atoms with Crippen LogP contribution in [-0.2, 0) is 4.79 Å². The van der Waals surface area contributed by atoms with Gasteiger partial charge in [-0.15, -0.1) is 0 Å². The van der Waals surface area contributed by atoms with Crippen molar-refractivity contribution in [2.75, 3.05) is 11.9 Å². The first kappa shape index (κ1) is 19.5. The van der Waals surface area contributed by atoms with Crippen LogP contribution in [-0.4, -0.2) is 27.7 Å². The number of carbonyl (C=O) groups excluding carboxylic acids is 2. The number of pyridine rings is 1. The van der Waals surface area contributed by atoms with E-state index in [4.69, 9.17) is 0 Å². The molecular formula is C20H20F2N4O2. The van der Waals surface area contributed by atoms with Crippen LogP contribution in [0.25, 0.3) is 5.65 Å². The minimum Gasteiger partial charge on any atom is -0.351 e. The van der Waals surface area contributed by atoms with Crippen LogP contribution in [0.5, 0.6) is 0 Å². The second-order valence-corrected chi connectivity index (χ2v) is 6.47. The molecule has 146 valence electrons. The van der Waals surface area contributed by atoms with Gasteiger partial charge in [0.25, 0.3) is 5.91 Å². The van der Waals surface area contributed by atoms with Gasteiger partial charge in [0.1, 0.15) is 11.3 Å². The molecule has 2 amide bonds. The number of hydrogen-bond donors (Lipinski definition) is 2. The van der Waals surface area contributed by atoms with Gasteiger partial charge in [-0.3, -0.25) is 14.0 Å². The highest BCUT2D eigenvalue weighted by atomic mass is 19.2. The first-order valence-electron chi connectivity index (χ1n) is 8.84. The molecule has 0 aliphatic heterocycles. The zero-order chi connectivity index (χ0) is 20.3. The zero-order valence-electron chi connectivity index (χ0n) is 15.6. The van der Waals surface area contributed by atoms with Crippen molar-refractivity contribution < 1.29 is 18.4 Å². The Morgan fingerprint density at radius 3 is 2.68 bits per heavy atom. The predicted molar refractivity (Wildman–Crippen MR) is 101 cm³/mol. The summed E-state index contributed by atoms with van der Waals surface area (Å²) in [5.41, 5.74) is 2.98. The number of imidazole rings is 1. The summed E-state index contributed by atoms with van der Waals surface area (Å²) in [6, 6.07) is 6.93. The first-order valence-corrected chi connectivity index (χ1v) is 8.84. The lowest BCUT2D eigenvalue weighted by molar-refractivity contribution is -0.116. The highest BCUT2D eigenvalue weighted by molar-refractivity contribution is 5.95. The van der Waals surface area contributed by atoms with Crippen molar-refractivity contribution in [2.24, 2.45) is 0 Å². The van der Waals surface area contributed by atoms with Crippen molar-refractivity contribution in [3.05, 3.63) is 65.1 Å². The van der Waals surface area contributed by atoms with Crippen LogP contribution in [0, 0.1) is 25.5 Å². The molecular weight excluding hydrogens is 366 g/mol. The van der Waals surface area contributed by atoms with E-state index in [1.807, 2.05) is 19.1 Å². The number of amides is 2. The van der Waals surface area contributed by atoms with Crippen LogP contribution in [0.3, 0.4) is 0 Å². The van der Waals surface area contributed by atoms with Gasteiger partial charge in [-0.05, 0) is 44.0 Å². The van der Waals surface area contributed by atoms with E-state index >= 15 is 0 Å². The lowest BCUT2D eigenvalue weighted by Gasteiger charge is -2.08. The molecule has 0 saturated carbocycles. The zero-order valence-corrected chi connectivity index (χ0v) is 15.6. The van der Waals surface area contributed by atoms with Crippen molar-refractivity contribution in [1.82, 2.24) is 14.7 Å². The van der Waals surface area contributed by atoms with Gasteiger partial charge in [0.15, 0.2) is 11.6 Å². The van der Waals surface area contributed by atoms with E-state index in [1.165, 1.54) is 6.07 Å². The maximum absolute atomic E-state index is 13.1. The summed E-state index contributed by atoms with van der Waals surface area (Å²) in [5, 5.41) is 5.28. The molecule has 8 heteroatoms. The number of anilines is 1. The third-order valence-corrected chi connectivity index (χ3v) is 4.30. The molecule has 0 bridgehead atoms. The molecule has 0 saturated heterocycles. The van der Waals surface area contributed by atoms with E-state index in [1.54, 1.807) is 17.5 Å². The molecule has 3 aromatic rings. The van der Waals surface area contributed by atoms with Gasteiger partial charge in [-0.1, -0.05) is 6.07 Å². The van der Waals surface area contributed by atoms with Gasteiger partial charge in [-0.2, -0.15) is 0 Å². The largest absolute Gasteiger partial charge is 0.351 e. The van der Waals surface area contributed by atoms with E-state index in [-0.39, 0.29) is 23.9 Å². The lowest BCUT2D eigenvalue weighted by Crippen LogP contribution is -2.27. The van der Waals surface area contributed by atoms with Gasteiger partial charge in [0.05, 0.1) is 5.69 Å². The Balaban J connectivity index is 1.52. The average Bonchev–Trinajstić information content (AvgIpc) is 2.99. The standard InChI is InChI=1S/C20H20F2N4O2/c1-12-5-4-10-26-18(13(2)24-19(12)26)20(28)23-9-3-6-17(27)25-14-7-8-15(21)16(22)11-14/h4-5,7-8,10-11H,3,6,9H2,1-2H3,(H,23,28)(H,25,27). The molecule has 0 radical (unpaired) electrons. The third-order valence-electron chi connectivity index (χ3n) is 4.30. The highest BCUT2D eigenvalue weighted by Crippen LogP contribution is 2.15. The van der Waals surface area contributed by atoms with Crippen molar-refractivity contribution in [1.29, 1.82) is 0 Å². The van der Waals surface area contributed by atoms with Crippen LogP contribution >= 0.6 is 0 Å². The molecule has 28 heavy (non-hydrogen) atoms. The Kier molecular flexibility index (Phi) is 5.67. The topological polar surface area (TPSA) is 75.5 Å². The second-order valence-electron chi connectivity index (χ2n) is 6.47. The molecule has 0 fully saturated rings. The van der Waals surface area contributed by atoms with E-state index in [9.17, 15) is 18.4 Å². The Morgan fingerprint density at radius 2 is 1.93 bits per heavy atom. The van der Waals surface area contributed by atoms with Gasteiger partial charge in [0, 0.05) is 30.9 Å². The fourth-order valence-corrected chi connectivity index (χ4v) is 2.92. The number of nitrogens with one attached hydrogen (secondary N) is 2. The fourth-order valence-electron chi connectivity index (χ4n) is 2.92. The number of benzene rings is 1. The Hall–Kier alpha value is -3.29. The SMILES string of the molecule is Cc1nc2c(C)cccn2c1C(=O)NCCCC(=O)Nc1ccc(F)c(F)c1. The summed E-state index contributed by atoms with van der Waals surface area (Å²) in [7, 11) is 0. The molecule has 2 N–H and O–H groups in total. The summed E-state index contributed by atoms with van der Waals surface area (Å²) in [4.78, 5) is 28.8. The Morgan fingerprint density at radius 1 is 1.14 bits per heavy atom. The van der Waals surface area contributed by atoms with Gasteiger partial charge >= 0.3 is 0 Å². The summed E-state index contributed by atoms with van der Waals surface area (Å²) < 4.78 is 27.8. The van der Waals surface area contributed by atoms with Crippen molar-refractivity contribution in [3.8, 4) is 0 Å². The maximum Gasteiger partial charge on any atom is 0.270 e. The van der Waals surface area contributed by atoms with Crippen LogP contribution in [0.2, 0.25) is 0 Å². The number of aryl methyl sites for hydroxylation is 2. The Bertz CT molecular complexity index is 1050. The number of hydrogen-bond acceptors (Lipinski definition) is 3. The lowest BCUT2D eigenvalue weighted by atomic mass is 10.2. The molecule has 0 aliphatic rings. The molecule has 1 aromatic carbocycles. The predicted octanol–water partition coefficient (Wildman–Crippen LogP) is 3.38. The van der Waals surface area contributed by atoms with E-state index in [2.05, 4.69) is 15.6 Å². The summed E-state index contributed by atoms with van der Waals surface area (Å²) in [5.74, 6) is -2.61. The minimum atomic E-state index is -1.02. The fraction of sp³-hybridized carbons (Fsp3) is 0.250. The van der Waals surface area contributed by atoms with Crippen LogP contribution in [0.15, 0.2) is 36.5 Å². The number of nitrogens with zero attached hydrogens (tertiary/aromatic N) is 2. The summed E-state index contributed by atoms with van der Waals surface area (Å²) >= 11 is 0. The molecule has 0 spiro atoms. The number of halogens is 2. The van der Waals surface area contributed by atoms with Gasteiger partial charge < -0.3 is 10.6 Å². The molecule has 0 atom stereocenters. The molecule has 2 heterocycles. The van der Waals surface area contributed by atoms with E-state index in [0.717, 1.165) is 23.3 Å². The average molecular weight is 386 g/mol. The third kappa shape index (κ3) is 4.16. The molecule has 3 rings (SSSR count). The van der Waals surface area contributed by atoms with Crippen molar-refractivity contribution in [3.63, 3.8) is 0 Å². The first-order chi connectivity index (χ1) is 13.4. The van der Waals surface area contributed by atoms with Gasteiger partial charge in [-0.25, -0.2) is 13.8 Å². The molecule has 2 aromatic heterocycles. The number of aromatic nitrogens is 2. The van der Waals surface area contributed by atoms with Crippen molar-refractivity contribution >= 4 is 23.1 Å². The normalized spacial score (nSPS) is 10.9. The summed E-state index contributed by atoms with van der Waals surface area (Å²) in [6.45, 7) is 3.99. The quantitative estimate of drug-likeness (QED) is 0.638. The monoisotopic (exact) mass is 386 g/mol. The van der Waals surface area contributed by atoms with E-state index in [0.29, 0.717) is 24.4 Å². The molecule has 0 unspecified atom stereocenters. The summed E-state index contributed by atoms with van der Waals surface area (Å²) in [6.07, 6.45) is 2.31. The highest BCUT2D eigenvalue weighted by Gasteiger charge is 2.17. The smallest absolute Gasteiger partial charge is 0.270 e. The van der Waals surface area contributed by atoms with Crippen LogP contribution < -0.4 is 10.6 Å². The van der Waals surface area contributed by atoms with Crippen LogP contribution in [0.1, 0.15) is 34.6 Å². The van der Waals surface area contributed by atoms with Crippen LogP contribution in [0.4, 0.5) is 14.5 Å².